The second kappa shape index (κ2) is 15.2. The zero-order valence-electron chi connectivity index (χ0n) is 26.4. The number of benzene rings is 1. The number of fused-ring (bicyclic) bond motifs is 4. The molecule has 1 saturated heterocycles. The van der Waals surface area contributed by atoms with Gasteiger partial charge in [-0.1, -0.05) is 68.2 Å². The molecular formula is C33H45FN6OS. The third-order valence-corrected chi connectivity index (χ3v) is 8.48. The van der Waals surface area contributed by atoms with Crippen LogP contribution in [-0.4, -0.2) is 28.0 Å². The lowest BCUT2D eigenvalue weighted by atomic mass is 9.88. The summed E-state index contributed by atoms with van der Waals surface area (Å²) < 4.78 is 20.9. The van der Waals surface area contributed by atoms with Gasteiger partial charge in [-0.3, -0.25) is 4.98 Å². The molecule has 3 aromatic heterocycles. The van der Waals surface area contributed by atoms with E-state index in [9.17, 15) is 9.65 Å². The minimum Gasteiger partial charge on any atom is -0.389 e. The van der Waals surface area contributed by atoms with E-state index >= 15 is 0 Å². The van der Waals surface area contributed by atoms with Crippen LogP contribution in [0.15, 0.2) is 12.4 Å². The Bertz CT molecular complexity index is 1560. The van der Waals surface area contributed by atoms with Crippen LogP contribution in [0.4, 0.5) is 15.3 Å². The van der Waals surface area contributed by atoms with E-state index in [1.54, 1.807) is 0 Å². The van der Waals surface area contributed by atoms with E-state index in [4.69, 9.17) is 20.4 Å². The Labute approximate surface area is 253 Å². The highest BCUT2D eigenvalue weighted by Gasteiger charge is 2.30. The number of anilines is 2. The number of ether oxygens (including phenoxy) is 1. The standard InChI is InChI=1S/C25H23FN6OS.C4H10.2C2H6/c1-3-13-19(22-20-14(6-27)24(28)34-23(20)18(26)8-29-22)17-11-33-10-16(17)15-7-30-25(31-21(13)15)32-5-4-12(2)9-32;1-3-4-2;2*1-2/h7-8,12H,3-5,9-11,28H2,1-2H3;3-4H2,1-2H3;2*1-2H3. The molecule has 0 radical (unpaired) electrons. The molecular weight excluding hydrogens is 547 g/mol. The average molecular weight is 593 g/mol. The molecule has 0 amide bonds. The van der Waals surface area contributed by atoms with Crippen molar-refractivity contribution in [3.63, 3.8) is 0 Å². The van der Waals surface area contributed by atoms with Crippen LogP contribution in [0.2, 0.25) is 0 Å². The monoisotopic (exact) mass is 592 g/mol. The van der Waals surface area contributed by atoms with Gasteiger partial charge in [-0.25, -0.2) is 14.4 Å². The highest BCUT2D eigenvalue weighted by molar-refractivity contribution is 7.23. The second-order valence-electron chi connectivity index (χ2n) is 10.0. The van der Waals surface area contributed by atoms with E-state index in [1.807, 2.05) is 33.9 Å². The zero-order valence-corrected chi connectivity index (χ0v) is 27.2. The summed E-state index contributed by atoms with van der Waals surface area (Å²) in [6.45, 7) is 19.4. The Morgan fingerprint density at radius 3 is 2.38 bits per heavy atom. The molecule has 7 nitrogen and oxygen atoms in total. The minimum atomic E-state index is -0.476. The van der Waals surface area contributed by atoms with Crippen LogP contribution < -0.4 is 10.6 Å². The lowest BCUT2D eigenvalue weighted by Gasteiger charge is -2.20. The van der Waals surface area contributed by atoms with E-state index in [0.717, 1.165) is 70.0 Å². The van der Waals surface area contributed by atoms with Crippen LogP contribution in [0.3, 0.4) is 0 Å². The van der Waals surface area contributed by atoms with Gasteiger partial charge in [0.05, 0.1) is 40.9 Å². The largest absolute Gasteiger partial charge is 0.389 e. The number of nitrogen functional groups attached to an aromatic ring is 1. The molecule has 5 heterocycles. The minimum absolute atomic E-state index is 0.270. The lowest BCUT2D eigenvalue weighted by molar-refractivity contribution is 0.135. The quantitative estimate of drug-likeness (QED) is 0.253. The number of pyridine rings is 1. The molecule has 1 unspecified atom stereocenters. The van der Waals surface area contributed by atoms with Crippen LogP contribution in [0.25, 0.3) is 32.2 Å². The van der Waals surface area contributed by atoms with E-state index in [-0.39, 0.29) is 5.56 Å². The summed E-state index contributed by atoms with van der Waals surface area (Å²) in [4.78, 5) is 16.5. The van der Waals surface area contributed by atoms with Gasteiger partial charge in [0.15, 0.2) is 5.82 Å². The molecule has 42 heavy (non-hydrogen) atoms. The van der Waals surface area contributed by atoms with Crippen molar-refractivity contribution in [2.45, 2.75) is 94.3 Å². The van der Waals surface area contributed by atoms with E-state index in [2.05, 4.69) is 43.6 Å². The van der Waals surface area contributed by atoms with Crippen LogP contribution in [0.1, 0.15) is 96.9 Å². The number of hydrogen-bond acceptors (Lipinski definition) is 8. The summed E-state index contributed by atoms with van der Waals surface area (Å²) in [6.07, 6.45) is 7.58. The second-order valence-corrected chi connectivity index (χ2v) is 11.1. The van der Waals surface area contributed by atoms with Gasteiger partial charge in [-0.15, -0.1) is 11.3 Å². The number of nitriles is 1. The Balaban J connectivity index is 0.000000550. The number of aryl methyl sites for hydroxylation is 1. The first kappa shape index (κ1) is 33.2. The summed E-state index contributed by atoms with van der Waals surface area (Å²) in [5.41, 5.74) is 11.7. The molecule has 0 spiro atoms. The van der Waals surface area contributed by atoms with Crippen molar-refractivity contribution in [3.05, 3.63) is 40.5 Å². The summed E-state index contributed by atoms with van der Waals surface area (Å²) >= 11 is 1.09. The molecule has 2 aliphatic heterocycles. The fraction of sp³-hybridized carbons (Fsp3) is 0.515. The van der Waals surface area contributed by atoms with E-state index in [1.165, 1.54) is 19.0 Å². The predicted octanol–water partition coefficient (Wildman–Crippen LogP) is 8.80. The molecule has 9 heteroatoms. The van der Waals surface area contributed by atoms with Gasteiger partial charge in [0.2, 0.25) is 5.95 Å². The van der Waals surface area contributed by atoms with Crippen molar-refractivity contribution < 1.29 is 9.13 Å². The number of hydrogen-bond donors (Lipinski definition) is 1. The van der Waals surface area contributed by atoms with Gasteiger partial charge in [-0.2, -0.15) is 5.26 Å². The van der Waals surface area contributed by atoms with Crippen molar-refractivity contribution in [2.24, 2.45) is 5.92 Å². The molecule has 1 fully saturated rings. The first-order valence-corrected chi connectivity index (χ1v) is 16.2. The van der Waals surface area contributed by atoms with Crippen molar-refractivity contribution in [3.8, 4) is 17.3 Å². The maximum atomic E-state index is 14.7. The molecule has 2 aliphatic rings. The van der Waals surface area contributed by atoms with Gasteiger partial charge < -0.3 is 15.4 Å². The lowest BCUT2D eigenvalue weighted by Crippen LogP contribution is -2.21. The Morgan fingerprint density at radius 1 is 1.10 bits per heavy atom. The SMILES string of the molecule is CC.CC.CCCC.CCc1c(-c2ncc(F)c3sc(N)c(C#N)c23)c2c(c3cnc(N4CCC(C)C4)nc13)COC2. The molecule has 4 aromatic rings. The zero-order chi connectivity index (χ0) is 31.0. The highest BCUT2D eigenvalue weighted by atomic mass is 32.1. The van der Waals surface area contributed by atoms with Crippen LogP contribution >= 0.6 is 11.3 Å². The molecule has 2 N–H and O–H groups in total. The smallest absolute Gasteiger partial charge is 0.225 e. The normalized spacial score (nSPS) is 15.2. The number of thiophene rings is 1. The first-order valence-electron chi connectivity index (χ1n) is 15.4. The molecule has 0 bridgehead atoms. The van der Waals surface area contributed by atoms with Gasteiger partial charge in [0, 0.05) is 35.6 Å². The maximum absolute atomic E-state index is 14.7. The fourth-order valence-corrected chi connectivity index (χ4v) is 6.22. The molecule has 1 aromatic carbocycles. The van der Waals surface area contributed by atoms with Crippen LogP contribution in [0.5, 0.6) is 0 Å². The van der Waals surface area contributed by atoms with Crippen LogP contribution in [-0.2, 0) is 24.4 Å². The molecule has 6 rings (SSSR count). The van der Waals surface area contributed by atoms with E-state index < -0.39 is 5.82 Å². The number of rotatable bonds is 4. The molecule has 1 atom stereocenters. The van der Waals surface area contributed by atoms with E-state index in [0.29, 0.717) is 46.3 Å². The van der Waals surface area contributed by atoms with Crippen molar-refractivity contribution in [2.75, 3.05) is 23.7 Å². The number of halogens is 1. The molecule has 0 saturated carbocycles. The predicted molar refractivity (Wildman–Crippen MR) is 174 cm³/mol. The Kier molecular flexibility index (Phi) is 12.0. The van der Waals surface area contributed by atoms with Crippen molar-refractivity contribution in [1.29, 1.82) is 5.26 Å². The van der Waals surface area contributed by atoms with Gasteiger partial charge in [0.1, 0.15) is 11.1 Å². The molecule has 226 valence electrons. The summed E-state index contributed by atoms with van der Waals surface area (Å²) in [5, 5.41) is 11.6. The summed E-state index contributed by atoms with van der Waals surface area (Å²) in [6, 6.07) is 2.16. The van der Waals surface area contributed by atoms with Crippen molar-refractivity contribution >= 4 is 43.3 Å². The average Bonchev–Trinajstić information content (AvgIpc) is 3.77. The highest BCUT2D eigenvalue weighted by Crippen LogP contribution is 2.45. The van der Waals surface area contributed by atoms with Crippen LogP contribution in [0, 0.1) is 23.1 Å². The third-order valence-electron chi connectivity index (χ3n) is 7.45. The maximum Gasteiger partial charge on any atom is 0.225 e. The molecule has 0 aliphatic carbocycles. The topological polar surface area (TPSA) is 101 Å². The number of nitrogens with zero attached hydrogens (tertiary/aromatic N) is 5. The number of unbranched alkanes of at least 4 members (excludes halogenated alkanes) is 1. The third kappa shape index (κ3) is 6.20. The first-order chi connectivity index (χ1) is 20.4. The van der Waals surface area contributed by atoms with Gasteiger partial charge in [0.25, 0.3) is 0 Å². The summed E-state index contributed by atoms with van der Waals surface area (Å²) in [5.74, 6) is 0.863. The fourth-order valence-electron chi connectivity index (χ4n) is 5.30. The Morgan fingerprint density at radius 2 is 1.79 bits per heavy atom. The number of aromatic nitrogens is 3. The van der Waals surface area contributed by atoms with Gasteiger partial charge >= 0.3 is 0 Å². The van der Waals surface area contributed by atoms with Gasteiger partial charge in [-0.05, 0) is 35.4 Å². The van der Waals surface area contributed by atoms with Crippen molar-refractivity contribution in [1.82, 2.24) is 15.0 Å². The Hall–Kier alpha value is -3.35. The number of nitrogens with two attached hydrogens (primary N) is 1. The summed E-state index contributed by atoms with van der Waals surface area (Å²) in [7, 11) is 0.